The number of methoxy groups -OCH3 is 2. The summed E-state index contributed by atoms with van der Waals surface area (Å²) < 4.78 is 20.8. The summed E-state index contributed by atoms with van der Waals surface area (Å²) in [5.41, 5.74) is 4.45. The molecule has 1 N–H and O–H groups in total. The van der Waals surface area contributed by atoms with Gasteiger partial charge in [-0.05, 0) is 60.5 Å². The number of aromatic amines is 1. The Morgan fingerprint density at radius 3 is 2.12 bits per heavy atom. The number of fused-ring (bicyclic) bond motifs is 1. The first kappa shape index (κ1) is 16.4. The summed E-state index contributed by atoms with van der Waals surface area (Å²) in [5, 5.41) is 1.14. The minimum Gasteiger partial charge on any atom is -0.468 e. The first-order valence-corrected chi connectivity index (χ1v) is 7.69. The number of hydrogen-bond acceptors (Lipinski definition) is 4. The molecule has 0 fully saturated rings. The van der Waals surface area contributed by atoms with E-state index in [0.29, 0.717) is 0 Å². The lowest BCUT2D eigenvalue weighted by Crippen LogP contribution is -1.98. The molecule has 5 heteroatoms. The molecule has 0 radical (unpaired) electrons. The van der Waals surface area contributed by atoms with E-state index in [-0.39, 0.29) is 13.6 Å². The van der Waals surface area contributed by atoms with E-state index in [2.05, 4.69) is 11.9 Å². The van der Waals surface area contributed by atoms with Crippen LogP contribution in [0.4, 0.5) is 0 Å². The van der Waals surface area contributed by atoms with E-state index < -0.39 is 0 Å². The lowest BCUT2D eigenvalue weighted by molar-refractivity contribution is 0.0510. The molecule has 0 saturated carbocycles. The standard InChI is InChI=1S/C19H21NO4/c1-13-17-10-16(24-12-22-3)8-9-18(17)20-19(13)14-4-6-15(7-5-14)23-11-21-2/h4-10,20H,11-12H2,1-3H3. The predicted octanol–water partition coefficient (Wildman–Crippen LogP) is 4.11. The van der Waals surface area contributed by atoms with Crippen molar-refractivity contribution in [1.29, 1.82) is 0 Å². The monoisotopic (exact) mass is 327 g/mol. The maximum Gasteiger partial charge on any atom is 0.188 e. The van der Waals surface area contributed by atoms with Gasteiger partial charge in [-0.15, -0.1) is 0 Å². The van der Waals surface area contributed by atoms with Crippen LogP contribution in [0, 0.1) is 6.92 Å². The normalized spacial score (nSPS) is 11.0. The Labute approximate surface area is 141 Å². The van der Waals surface area contributed by atoms with Crippen molar-refractivity contribution in [3.05, 3.63) is 48.0 Å². The fourth-order valence-corrected chi connectivity index (χ4v) is 2.66. The van der Waals surface area contributed by atoms with Crippen molar-refractivity contribution in [2.24, 2.45) is 0 Å². The fourth-order valence-electron chi connectivity index (χ4n) is 2.66. The van der Waals surface area contributed by atoms with Crippen molar-refractivity contribution in [2.75, 3.05) is 27.8 Å². The van der Waals surface area contributed by atoms with E-state index in [0.717, 1.165) is 33.7 Å². The second kappa shape index (κ2) is 7.38. The number of H-pyrrole nitrogens is 1. The molecular formula is C19H21NO4. The van der Waals surface area contributed by atoms with E-state index in [1.807, 2.05) is 42.5 Å². The highest BCUT2D eigenvalue weighted by atomic mass is 16.7. The zero-order chi connectivity index (χ0) is 16.9. The number of nitrogens with one attached hydrogen (secondary N) is 1. The van der Waals surface area contributed by atoms with Gasteiger partial charge in [-0.25, -0.2) is 0 Å². The van der Waals surface area contributed by atoms with Crippen LogP contribution in [0.3, 0.4) is 0 Å². The summed E-state index contributed by atoms with van der Waals surface area (Å²) in [6.45, 7) is 2.59. The molecule has 0 saturated heterocycles. The highest BCUT2D eigenvalue weighted by molar-refractivity contribution is 5.91. The van der Waals surface area contributed by atoms with Crippen molar-refractivity contribution in [3.8, 4) is 22.8 Å². The van der Waals surface area contributed by atoms with Crippen molar-refractivity contribution < 1.29 is 18.9 Å². The lowest BCUT2D eigenvalue weighted by Gasteiger charge is -2.06. The van der Waals surface area contributed by atoms with Gasteiger partial charge in [-0.2, -0.15) is 0 Å². The van der Waals surface area contributed by atoms with E-state index >= 15 is 0 Å². The first-order valence-electron chi connectivity index (χ1n) is 7.69. The van der Waals surface area contributed by atoms with Crippen LogP contribution >= 0.6 is 0 Å². The predicted molar refractivity (Wildman–Crippen MR) is 93.5 cm³/mol. The zero-order valence-electron chi connectivity index (χ0n) is 14.1. The maximum absolute atomic E-state index is 5.52. The van der Waals surface area contributed by atoms with Gasteiger partial charge in [0.15, 0.2) is 13.6 Å². The molecule has 0 aliphatic heterocycles. The summed E-state index contributed by atoms with van der Waals surface area (Å²) >= 11 is 0. The topological polar surface area (TPSA) is 52.7 Å². The fraction of sp³-hybridized carbons (Fsp3) is 0.263. The Morgan fingerprint density at radius 1 is 0.833 bits per heavy atom. The molecule has 1 aromatic heterocycles. The highest BCUT2D eigenvalue weighted by Crippen LogP contribution is 2.32. The largest absolute Gasteiger partial charge is 0.468 e. The van der Waals surface area contributed by atoms with Crippen LogP contribution in [0.2, 0.25) is 0 Å². The molecule has 0 spiro atoms. The van der Waals surface area contributed by atoms with Gasteiger partial charge >= 0.3 is 0 Å². The lowest BCUT2D eigenvalue weighted by atomic mass is 10.1. The summed E-state index contributed by atoms with van der Waals surface area (Å²) in [7, 11) is 3.21. The number of benzene rings is 2. The minimum absolute atomic E-state index is 0.241. The smallest absolute Gasteiger partial charge is 0.188 e. The average molecular weight is 327 g/mol. The Kier molecular flexibility index (Phi) is 5.03. The second-order valence-corrected chi connectivity index (χ2v) is 5.46. The van der Waals surface area contributed by atoms with E-state index in [1.165, 1.54) is 5.56 Å². The van der Waals surface area contributed by atoms with Crippen LogP contribution in [0.25, 0.3) is 22.2 Å². The van der Waals surface area contributed by atoms with Crippen LogP contribution in [-0.2, 0) is 9.47 Å². The molecule has 126 valence electrons. The van der Waals surface area contributed by atoms with Crippen molar-refractivity contribution in [2.45, 2.75) is 6.92 Å². The third-order valence-corrected chi connectivity index (χ3v) is 3.86. The quantitative estimate of drug-likeness (QED) is 0.664. The number of aromatic nitrogens is 1. The first-order chi connectivity index (χ1) is 11.7. The molecule has 5 nitrogen and oxygen atoms in total. The molecule has 1 heterocycles. The average Bonchev–Trinajstić information content (AvgIpc) is 2.95. The number of aryl methyl sites for hydroxylation is 1. The molecule has 0 aliphatic carbocycles. The Hall–Kier alpha value is -2.50. The zero-order valence-corrected chi connectivity index (χ0v) is 14.1. The number of hydrogen-bond donors (Lipinski definition) is 1. The molecule has 0 bridgehead atoms. The summed E-state index contributed by atoms with van der Waals surface area (Å²) in [5.74, 6) is 1.57. The van der Waals surface area contributed by atoms with Crippen molar-refractivity contribution in [3.63, 3.8) is 0 Å². The van der Waals surface area contributed by atoms with E-state index in [9.17, 15) is 0 Å². The van der Waals surface area contributed by atoms with Gasteiger partial charge in [0.25, 0.3) is 0 Å². The highest BCUT2D eigenvalue weighted by Gasteiger charge is 2.11. The number of rotatable bonds is 7. The molecule has 3 aromatic rings. The van der Waals surface area contributed by atoms with Gasteiger partial charge < -0.3 is 23.9 Å². The molecule has 2 aromatic carbocycles. The van der Waals surface area contributed by atoms with Crippen LogP contribution in [-0.4, -0.2) is 32.8 Å². The van der Waals surface area contributed by atoms with Crippen molar-refractivity contribution in [1.82, 2.24) is 4.98 Å². The van der Waals surface area contributed by atoms with Gasteiger partial charge in [-0.3, -0.25) is 0 Å². The van der Waals surface area contributed by atoms with Crippen LogP contribution in [0.1, 0.15) is 5.56 Å². The Balaban J connectivity index is 1.90. The molecule has 24 heavy (non-hydrogen) atoms. The summed E-state index contributed by atoms with van der Waals surface area (Å²) in [4.78, 5) is 3.47. The van der Waals surface area contributed by atoms with Gasteiger partial charge in [0.1, 0.15) is 11.5 Å². The van der Waals surface area contributed by atoms with Crippen LogP contribution in [0.15, 0.2) is 42.5 Å². The molecule has 0 aliphatic rings. The maximum atomic E-state index is 5.52. The van der Waals surface area contributed by atoms with Gasteiger partial charge in [0, 0.05) is 30.8 Å². The minimum atomic E-state index is 0.241. The Morgan fingerprint density at radius 2 is 1.46 bits per heavy atom. The third kappa shape index (κ3) is 3.37. The van der Waals surface area contributed by atoms with E-state index in [4.69, 9.17) is 18.9 Å². The van der Waals surface area contributed by atoms with Crippen LogP contribution < -0.4 is 9.47 Å². The molecule has 0 unspecified atom stereocenters. The molecular weight excluding hydrogens is 306 g/mol. The van der Waals surface area contributed by atoms with Gasteiger partial charge in [0.05, 0.1) is 0 Å². The SMILES string of the molecule is COCOc1ccc(-c2[nH]c3ccc(OCOC)cc3c2C)cc1. The molecule has 3 rings (SSSR count). The van der Waals surface area contributed by atoms with E-state index in [1.54, 1.807) is 14.2 Å². The number of ether oxygens (including phenoxy) is 4. The van der Waals surface area contributed by atoms with Crippen molar-refractivity contribution >= 4 is 10.9 Å². The Bertz CT molecular complexity index is 808. The summed E-state index contributed by atoms with van der Waals surface area (Å²) in [6, 6.07) is 13.9. The molecule has 0 atom stereocenters. The third-order valence-electron chi connectivity index (χ3n) is 3.86. The van der Waals surface area contributed by atoms with Crippen LogP contribution in [0.5, 0.6) is 11.5 Å². The van der Waals surface area contributed by atoms with Gasteiger partial charge in [-0.1, -0.05) is 0 Å². The van der Waals surface area contributed by atoms with Gasteiger partial charge in [0.2, 0.25) is 0 Å². The second-order valence-electron chi connectivity index (χ2n) is 5.46. The molecule has 0 amide bonds. The summed E-state index contributed by atoms with van der Waals surface area (Å²) in [6.07, 6.45) is 0.